The van der Waals surface area contributed by atoms with Gasteiger partial charge < -0.3 is 14.4 Å². The van der Waals surface area contributed by atoms with Crippen LogP contribution >= 0.6 is 0 Å². The Balaban J connectivity index is 1.71. The van der Waals surface area contributed by atoms with E-state index in [0.29, 0.717) is 31.0 Å². The molecule has 23 heavy (non-hydrogen) atoms. The first-order valence-corrected chi connectivity index (χ1v) is 7.34. The van der Waals surface area contributed by atoms with Crippen molar-refractivity contribution in [2.45, 2.75) is 25.5 Å². The van der Waals surface area contributed by atoms with Crippen LogP contribution in [-0.2, 0) is 4.74 Å². The Morgan fingerprint density at radius 2 is 2.35 bits per heavy atom. The zero-order chi connectivity index (χ0) is 16.2. The highest BCUT2D eigenvalue weighted by molar-refractivity contribution is 5.93. The lowest BCUT2D eigenvalue weighted by Gasteiger charge is -2.23. The lowest BCUT2D eigenvalue weighted by Crippen LogP contribution is -2.39. The van der Waals surface area contributed by atoms with Gasteiger partial charge in [0.2, 0.25) is 0 Å². The normalized spacial score (nSPS) is 20.7. The number of amides is 1. The Morgan fingerprint density at radius 3 is 3.00 bits per heavy atom. The number of likely N-dealkylation sites (tertiary alicyclic amines) is 1. The number of aryl methyl sites for hydroxylation is 1. The molecule has 0 saturated carbocycles. The number of ether oxygens (including phenoxy) is 2. The monoisotopic (exact) mass is 318 g/mol. The summed E-state index contributed by atoms with van der Waals surface area (Å²) in [5.41, 5.74) is 0.705. The van der Waals surface area contributed by atoms with E-state index < -0.39 is 0 Å². The number of pyridine rings is 1. The largest absolute Gasteiger partial charge is 0.490 e. The molecule has 1 amide bonds. The molecule has 1 fully saturated rings. The Hall–Kier alpha value is -2.48. The topological polar surface area (TPSA) is 90.6 Å². The molecule has 3 heterocycles. The minimum Gasteiger partial charge on any atom is -0.490 e. The van der Waals surface area contributed by atoms with Gasteiger partial charge in [-0.2, -0.15) is 0 Å². The third kappa shape index (κ3) is 3.31. The van der Waals surface area contributed by atoms with Crippen LogP contribution in [0, 0.1) is 6.92 Å². The van der Waals surface area contributed by atoms with Crippen LogP contribution in [0.4, 0.5) is 0 Å². The van der Waals surface area contributed by atoms with Crippen molar-refractivity contribution in [3.63, 3.8) is 0 Å². The predicted octanol–water partition coefficient (Wildman–Crippen LogP) is 1.08. The number of methoxy groups -OCH3 is 1. The number of hydrogen-bond donors (Lipinski definition) is 0. The molecule has 0 spiro atoms. The Kier molecular flexibility index (Phi) is 4.52. The van der Waals surface area contributed by atoms with Crippen molar-refractivity contribution >= 4 is 5.91 Å². The summed E-state index contributed by atoms with van der Waals surface area (Å²) >= 11 is 0. The second-order valence-electron chi connectivity index (χ2n) is 5.40. The van der Waals surface area contributed by atoms with Crippen molar-refractivity contribution in [1.82, 2.24) is 20.2 Å². The third-order valence-corrected chi connectivity index (χ3v) is 3.90. The Morgan fingerprint density at radius 1 is 1.48 bits per heavy atom. The SMILES string of the molecule is CO[C@@H]1C[C@@H](COc2cccnc2)N(C(=O)c2nonc2C)C1. The molecular formula is C15H18N4O4. The van der Waals surface area contributed by atoms with Crippen LogP contribution in [0.1, 0.15) is 22.6 Å². The molecule has 8 heteroatoms. The molecule has 1 saturated heterocycles. The van der Waals surface area contributed by atoms with Crippen LogP contribution in [0.5, 0.6) is 5.75 Å². The maximum atomic E-state index is 12.7. The number of aromatic nitrogens is 3. The zero-order valence-corrected chi connectivity index (χ0v) is 13.0. The van der Waals surface area contributed by atoms with Gasteiger partial charge in [-0.3, -0.25) is 9.78 Å². The number of hydrogen-bond acceptors (Lipinski definition) is 7. The maximum absolute atomic E-state index is 12.7. The zero-order valence-electron chi connectivity index (χ0n) is 13.0. The van der Waals surface area contributed by atoms with Gasteiger partial charge in [-0.25, -0.2) is 4.63 Å². The summed E-state index contributed by atoms with van der Waals surface area (Å²) in [4.78, 5) is 18.4. The predicted molar refractivity (Wildman–Crippen MR) is 79.0 cm³/mol. The van der Waals surface area contributed by atoms with Crippen LogP contribution in [0.25, 0.3) is 0 Å². The Bertz CT molecular complexity index is 661. The average molecular weight is 318 g/mol. The summed E-state index contributed by atoms with van der Waals surface area (Å²) < 4.78 is 15.8. The summed E-state index contributed by atoms with van der Waals surface area (Å²) in [6.45, 7) is 2.54. The molecule has 2 aromatic rings. The summed E-state index contributed by atoms with van der Waals surface area (Å²) in [5, 5.41) is 7.36. The summed E-state index contributed by atoms with van der Waals surface area (Å²) in [5.74, 6) is 0.447. The van der Waals surface area contributed by atoms with Gasteiger partial charge in [0.15, 0.2) is 5.69 Å². The van der Waals surface area contributed by atoms with E-state index in [-0.39, 0.29) is 23.7 Å². The van der Waals surface area contributed by atoms with Gasteiger partial charge in [0.1, 0.15) is 18.1 Å². The fourth-order valence-corrected chi connectivity index (χ4v) is 2.64. The van der Waals surface area contributed by atoms with E-state index in [9.17, 15) is 4.79 Å². The van der Waals surface area contributed by atoms with Gasteiger partial charge in [-0.15, -0.1) is 0 Å². The fourth-order valence-electron chi connectivity index (χ4n) is 2.64. The first-order chi connectivity index (χ1) is 11.2. The lowest BCUT2D eigenvalue weighted by molar-refractivity contribution is 0.0646. The van der Waals surface area contributed by atoms with Crippen molar-refractivity contribution in [2.75, 3.05) is 20.3 Å². The number of rotatable bonds is 5. The quantitative estimate of drug-likeness (QED) is 0.814. The molecule has 0 bridgehead atoms. The standard InChI is InChI=1S/C15H18N4O4/c1-10-14(18-23-17-10)15(20)19-8-13(21-2)6-11(19)9-22-12-4-3-5-16-7-12/h3-5,7,11,13H,6,8-9H2,1-2H3/t11-,13+/m0/s1. The van der Waals surface area contributed by atoms with Gasteiger partial charge in [-0.1, -0.05) is 5.16 Å². The molecule has 0 aromatic carbocycles. The molecule has 0 unspecified atom stereocenters. The highest BCUT2D eigenvalue weighted by Gasteiger charge is 2.38. The van der Waals surface area contributed by atoms with Gasteiger partial charge >= 0.3 is 0 Å². The molecule has 0 aliphatic carbocycles. The molecule has 8 nitrogen and oxygen atoms in total. The molecule has 3 rings (SSSR count). The smallest absolute Gasteiger partial charge is 0.278 e. The van der Waals surface area contributed by atoms with E-state index >= 15 is 0 Å². The molecule has 0 radical (unpaired) electrons. The number of nitrogens with zero attached hydrogens (tertiary/aromatic N) is 4. The second kappa shape index (κ2) is 6.74. The van der Waals surface area contributed by atoms with Gasteiger partial charge in [0, 0.05) is 19.9 Å². The fraction of sp³-hybridized carbons (Fsp3) is 0.467. The van der Waals surface area contributed by atoms with Crippen molar-refractivity contribution in [2.24, 2.45) is 0 Å². The van der Waals surface area contributed by atoms with Crippen molar-refractivity contribution < 1.29 is 18.9 Å². The highest BCUT2D eigenvalue weighted by atomic mass is 16.6. The highest BCUT2D eigenvalue weighted by Crippen LogP contribution is 2.23. The lowest BCUT2D eigenvalue weighted by atomic mass is 10.2. The van der Waals surface area contributed by atoms with Crippen LogP contribution in [0.2, 0.25) is 0 Å². The second-order valence-corrected chi connectivity index (χ2v) is 5.40. The van der Waals surface area contributed by atoms with Gasteiger partial charge in [-0.05, 0) is 30.6 Å². The average Bonchev–Trinajstić information content (AvgIpc) is 3.19. The van der Waals surface area contributed by atoms with E-state index in [1.54, 1.807) is 37.4 Å². The molecule has 1 aliphatic rings. The summed E-state index contributed by atoms with van der Waals surface area (Å²) in [6.07, 6.45) is 3.99. The molecule has 1 aliphatic heterocycles. The first-order valence-electron chi connectivity index (χ1n) is 7.34. The molecule has 122 valence electrons. The van der Waals surface area contributed by atoms with E-state index in [1.165, 1.54) is 0 Å². The first kappa shape index (κ1) is 15.4. The molecular weight excluding hydrogens is 300 g/mol. The summed E-state index contributed by atoms with van der Waals surface area (Å²) in [6, 6.07) is 3.52. The van der Waals surface area contributed by atoms with Crippen LogP contribution in [0.15, 0.2) is 29.2 Å². The van der Waals surface area contributed by atoms with Gasteiger partial charge in [0.05, 0.1) is 18.3 Å². The van der Waals surface area contributed by atoms with Crippen molar-refractivity contribution in [3.8, 4) is 5.75 Å². The Labute approximate surface area is 133 Å². The minimum absolute atomic E-state index is 0.0263. The van der Waals surface area contributed by atoms with E-state index in [4.69, 9.17) is 9.47 Å². The van der Waals surface area contributed by atoms with E-state index in [2.05, 4.69) is 19.9 Å². The van der Waals surface area contributed by atoms with Crippen molar-refractivity contribution in [1.29, 1.82) is 0 Å². The number of carbonyl (C=O) groups is 1. The van der Waals surface area contributed by atoms with E-state index in [1.807, 2.05) is 6.07 Å². The molecule has 2 atom stereocenters. The van der Waals surface area contributed by atoms with Crippen LogP contribution < -0.4 is 4.74 Å². The minimum atomic E-state index is -0.219. The van der Waals surface area contributed by atoms with Crippen molar-refractivity contribution in [3.05, 3.63) is 35.9 Å². The molecule has 0 N–H and O–H groups in total. The third-order valence-electron chi connectivity index (χ3n) is 3.90. The maximum Gasteiger partial charge on any atom is 0.278 e. The van der Waals surface area contributed by atoms with E-state index in [0.717, 1.165) is 0 Å². The molecule has 2 aromatic heterocycles. The number of carbonyl (C=O) groups excluding carboxylic acids is 1. The summed E-state index contributed by atoms with van der Waals surface area (Å²) in [7, 11) is 1.64. The van der Waals surface area contributed by atoms with Crippen LogP contribution in [0.3, 0.4) is 0 Å². The van der Waals surface area contributed by atoms with Crippen LogP contribution in [-0.4, -0.2) is 58.5 Å². The van der Waals surface area contributed by atoms with Gasteiger partial charge in [0.25, 0.3) is 5.91 Å².